The van der Waals surface area contributed by atoms with Crippen molar-refractivity contribution in [1.29, 1.82) is 0 Å². The molecule has 0 bridgehead atoms. The molecule has 0 aliphatic rings. The molecule has 7 nitrogen and oxygen atoms in total. The molecule has 0 radical (unpaired) electrons. The average Bonchev–Trinajstić information content (AvgIpc) is 3.18. The number of rotatable bonds is 5. The Hall–Kier alpha value is -3.62. The van der Waals surface area contributed by atoms with Crippen LogP contribution >= 0.6 is 0 Å². The highest BCUT2D eigenvalue weighted by Crippen LogP contribution is 2.24. The third kappa shape index (κ3) is 4.63. The molecule has 3 aromatic rings. The Kier molecular flexibility index (Phi) is 5.96. The van der Waals surface area contributed by atoms with Crippen LogP contribution in [-0.4, -0.2) is 22.0 Å². The summed E-state index contributed by atoms with van der Waals surface area (Å²) in [5, 5.41) is 8.50. The normalized spacial score (nSPS) is 10.6. The lowest BCUT2D eigenvalue weighted by Gasteiger charge is -2.10. The van der Waals surface area contributed by atoms with Crippen LogP contribution in [0.15, 0.2) is 40.9 Å². The fourth-order valence-corrected chi connectivity index (χ4v) is 2.53. The number of aryl methyl sites for hydroxylation is 2. The van der Waals surface area contributed by atoms with E-state index in [4.69, 9.17) is 4.52 Å². The third-order valence-electron chi connectivity index (χ3n) is 4.21. The number of hydrogen-bond donors (Lipinski definition) is 2. The Morgan fingerprint density at radius 3 is 2.48 bits per heavy atom. The van der Waals surface area contributed by atoms with Gasteiger partial charge in [0.15, 0.2) is 5.82 Å². The molecule has 0 aliphatic carbocycles. The van der Waals surface area contributed by atoms with Crippen LogP contribution in [0.5, 0.6) is 0 Å². The van der Waals surface area contributed by atoms with Crippen molar-refractivity contribution < 1.29 is 22.9 Å². The first-order chi connectivity index (χ1) is 13.9. The van der Waals surface area contributed by atoms with Crippen LogP contribution in [-0.2, 0) is 22.6 Å². The zero-order valence-corrected chi connectivity index (χ0v) is 15.8. The van der Waals surface area contributed by atoms with Crippen molar-refractivity contribution in [1.82, 2.24) is 15.5 Å². The number of hydrogen-bond acceptors (Lipinski definition) is 5. The summed E-state index contributed by atoms with van der Waals surface area (Å²) in [4.78, 5) is 28.5. The molecule has 0 saturated carbocycles. The van der Waals surface area contributed by atoms with Gasteiger partial charge in [-0.2, -0.15) is 4.98 Å². The van der Waals surface area contributed by atoms with Crippen molar-refractivity contribution in [2.24, 2.45) is 0 Å². The first kappa shape index (κ1) is 20.1. The standard InChI is InChI=1S/C20H18F2N4O3/c1-3-17-25-20(29-26-17)12-8-7-11(2)16(9-12)24-19(28)18(27)23-10-13-14(21)5-4-6-15(13)22/h4-9H,3,10H2,1-2H3,(H,23,27)(H,24,28). The SMILES string of the molecule is CCc1noc(-c2ccc(C)c(NC(=O)C(=O)NCc3c(F)cccc3F)c2)n1. The summed E-state index contributed by atoms with van der Waals surface area (Å²) in [6.07, 6.45) is 0.613. The number of benzene rings is 2. The highest BCUT2D eigenvalue weighted by Gasteiger charge is 2.18. The smallest absolute Gasteiger partial charge is 0.313 e. The van der Waals surface area contributed by atoms with Crippen molar-refractivity contribution in [2.45, 2.75) is 26.8 Å². The number of carbonyl (C=O) groups is 2. The number of carbonyl (C=O) groups excluding carboxylic acids is 2. The molecule has 0 aliphatic heterocycles. The molecule has 1 heterocycles. The maximum absolute atomic E-state index is 13.6. The van der Waals surface area contributed by atoms with Crippen LogP contribution in [0.1, 0.15) is 23.9 Å². The van der Waals surface area contributed by atoms with Gasteiger partial charge in [-0.15, -0.1) is 0 Å². The summed E-state index contributed by atoms with van der Waals surface area (Å²) in [7, 11) is 0. The van der Waals surface area contributed by atoms with E-state index in [0.717, 1.165) is 12.1 Å². The second kappa shape index (κ2) is 8.59. The zero-order chi connectivity index (χ0) is 21.0. The number of nitrogens with zero attached hydrogens (tertiary/aromatic N) is 2. The summed E-state index contributed by atoms with van der Waals surface area (Å²) in [5.41, 5.74) is 1.32. The van der Waals surface area contributed by atoms with Gasteiger partial charge >= 0.3 is 11.8 Å². The summed E-state index contributed by atoms with van der Waals surface area (Å²) in [6, 6.07) is 8.43. The lowest BCUT2D eigenvalue weighted by molar-refractivity contribution is -0.136. The molecule has 1 aromatic heterocycles. The molecule has 0 atom stereocenters. The fraction of sp³-hybridized carbons (Fsp3) is 0.200. The van der Waals surface area contributed by atoms with Gasteiger partial charge in [0.25, 0.3) is 5.89 Å². The topological polar surface area (TPSA) is 97.1 Å². The van der Waals surface area contributed by atoms with Gasteiger partial charge in [0.05, 0.1) is 0 Å². The van der Waals surface area contributed by atoms with Crippen molar-refractivity contribution >= 4 is 17.5 Å². The van der Waals surface area contributed by atoms with E-state index in [-0.39, 0.29) is 11.5 Å². The highest BCUT2D eigenvalue weighted by molar-refractivity contribution is 6.39. The van der Waals surface area contributed by atoms with Crippen LogP contribution in [0.4, 0.5) is 14.5 Å². The summed E-state index contributed by atoms with van der Waals surface area (Å²) < 4.78 is 32.4. The van der Waals surface area contributed by atoms with Crippen LogP contribution in [0.3, 0.4) is 0 Å². The van der Waals surface area contributed by atoms with Gasteiger partial charge in [-0.1, -0.05) is 24.2 Å². The quantitative estimate of drug-likeness (QED) is 0.642. The lowest BCUT2D eigenvalue weighted by Crippen LogP contribution is -2.35. The van der Waals surface area contributed by atoms with Crippen molar-refractivity contribution in [3.63, 3.8) is 0 Å². The van der Waals surface area contributed by atoms with E-state index in [1.807, 2.05) is 6.92 Å². The molecule has 2 amide bonds. The average molecular weight is 400 g/mol. The van der Waals surface area contributed by atoms with E-state index >= 15 is 0 Å². The molecule has 0 unspecified atom stereocenters. The Balaban J connectivity index is 1.69. The molecule has 3 rings (SSSR count). The molecule has 0 spiro atoms. The van der Waals surface area contributed by atoms with Crippen LogP contribution in [0, 0.1) is 18.6 Å². The predicted octanol–water partition coefficient (Wildman–Crippen LogP) is 3.14. The van der Waals surface area contributed by atoms with Crippen LogP contribution in [0.25, 0.3) is 11.5 Å². The van der Waals surface area contributed by atoms with Gasteiger partial charge in [-0.25, -0.2) is 8.78 Å². The third-order valence-corrected chi connectivity index (χ3v) is 4.21. The van der Waals surface area contributed by atoms with Gasteiger partial charge in [0.2, 0.25) is 0 Å². The van der Waals surface area contributed by atoms with Crippen molar-refractivity contribution in [2.75, 3.05) is 5.32 Å². The Labute approximate surface area is 165 Å². The van der Waals surface area contributed by atoms with Gasteiger partial charge in [-0.3, -0.25) is 9.59 Å². The second-order valence-electron chi connectivity index (χ2n) is 6.24. The number of halogens is 2. The first-order valence-electron chi connectivity index (χ1n) is 8.84. The molecule has 9 heteroatoms. The highest BCUT2D eigenvalue weighted by atomic mass is 19.1. The maximum Gasteiger partial charge on any atom is 0.313 e. The molecule has 2 N–H and O–H groups in total. The van der Waals surface area contributed by atoms with Crippen molar-refractivity contribution in [3.05, 3.63) is 65.0 Å². The van der Waals surface area contributed by atoms with E-state index in [1.54, 1.807) is 25.1 Å². The monoisotopic (exact) mass is 400 g/mol. The number of anilines is 1. The largest absolute Gasteiger partial charge is 0.344 e. The Morgan fingerprint density at radius 1 is 1.10 bits per heavy atom. The van der Waals surface area contributed by atoms with Gasteiger partial charge < -0.3 is 15.2 Å². The number of aromatic nitrogens is 2. The van der Waals surface area contributed by atoms with Gasteiger partial charge in [0.1, 0.15) is 11.6 Å². The molecular weight excluding hydrogens is 382 g/mol. The van der Waals surface area contributed by atoms with Crippen molar-refractivity contribution in [3.8, 4) is 11.5 Å². The minimum atomic E-state index is -1.02. The molecule has 29 heavy (non-hydrogen) atoms. The molecule has 0 fully saturated rings. The van der Waals surface area contributed by atoms with Crippen LogP contribution in [0.2, 0.25) is 0 Å². The van der Waals surface area contributed by atoms with E-state index in [0.29, 0.717) is 29.1 Å². The summed E-state index contributed by atoms with van der Waals surface area (Å²) in [6.45, 7) is 3.18. The summed E-state index contributed by atoms with van der Waals surface area (Å²) >= 11 is 0. The van der Waals surface area contributed by atoms with Gasteiger partial charge in [-0.05, 0) is 36.8 Å². The number of nitrogens with one attached hydrogen (secondary N) is 2. The second-order valence-corrected chi connectivity index (χ2v) is 6.24. The predicted molar refractivity (Wildman–Crippen MR) is 101 cm³/mol. The molecule has 150 valence electrons. The zero-order valence-electron chi connectivity index (χ0n) is 15.8. The minimum Gasteiger partial charge on any atom is -0.344 e. The molecule has 0 saturated heterocycles. The minimum absolute atomic E-state index is 0.289. The first-order valence-corrected chi connectivity index (χ1v) is 8.84. The number of amides is 2. The lowest BCUT2D eigenvalue weighted by atomic mass is 10.1. The van der Waals surface area contributed by atoms with E-state index in [9.17, 15) is 18.4 Å². The van der Waals surface area contributed by atoms with E-state index in [1.165, 1.54) is 6.07 Å². The van der Waals surface area contributed by atoms with E-state index < -0.39 is 30.0 Å². The molecular formula is C20H18F2N4O3. The Bertz CT molecular complexity index is 1050. The van der Waals surface area contributed by atoms with E-state index in [2.05, 4.69) is 20.8 Å². The van der Waals surface area contributed by atoms with Gasteiger partial charge in [0, 0.05) is 29.8 Å². The maximum atomic E-state index is 13.6. The Morgan fingerprint density at radius 2 is 1.83 bits per heavy atom. The molecule has 2 aromatic carbocycles. The van der Waals surface area contributed by atoms with Crippen LogP contribution < -0.4 is 10.6 Å². The summed E-state index contributed by atoms with van der Waals surface area (Å²) in [5.74, 6) is -2.77. The fourth-order valence-electron chi connectivity index (χ4n) is 2.53.